The molecule has 1 heterocycles. The molecule has 0 spiro atoms. The van der Waals surface area contributed by atoms with Gasteiger partial charge in [0.2, 0.25) is 0 Å². The van der Waals surface area contributed by atoms with Crippen molar-refractivity contribution in [3.63, 3.8) is 0 Å². The third kappa shape index (κ3) is 2.36. The highest BCUT2D eigenvalue weighted by Crippen LogP contribution is 2.29. The van der Waals surface area contributed by atoms with Gasteiger partial charge in [0.05, 0.1) is 16.3 Å². The van der Waals surface area contributed by atoms with Crippen LogP contribution in [0.2, 0.25) is 5.02 Å². The van der Waals surface area contributed by atoms with E-state index in [1.807, 2.05) is 0 Å². The Morgan fingerprint density at radius 3 is 2.69 bits per heavy atom. The number of hydrogen-bond acceptors (Lipinski definition) is 2. The van der Waals surface area contributed by atoms with E-state index in [-0.39, 0.29) is 21.7 Å². The summed E-state index contributed by atoms with van der Waals surface area (Å²) in [6, 6.07) is 1.17. The van der Waals surface area contributed by atoms with Crippen LogP contribution in [0.25, 0.3) is 0 Å². The Kier molecular flexibility index (Phi) is 3.58. The second kappa shape index (κ2) is 4.30. The molecular weight excluding hydrogens is 265 g/mol. The lowest BCUT2D eigenvalue weighted by Crippen LogP contribution is -2.03. The number of aromatic nitrogens is 1. The number of nitrogens with two attached hydrogens (primary N) is 1. The molecule has 0 aliphatic carbocycles. The number of hydrogen-bond donors (Lipinski definition) is 1. The van der Waals surface area contributed by atoms with E-state index in [2.05, 4.69) is 20.9 Å². The van der Waals surface area contributed by atoms with Crippen LogP contribution in [0.15, 0.2) is 10.7 Å². The van der Waals surface area contributed by atoms with Gasteiger partial charge in [0, 0.05) is 6.54 Å². The summed E-state index contributed by atoms with van der Waals surface area (Å²) >= 11 is 8.57. The van der Waals surface area contributed by atoms with Gasteiger partial charge in [-0.15, -0.1) is 0 Å². The summed E-state index contributed by atoms with van der Waals surface area (Å²) in [4.78, 5) is 3.79. The van der Waals surface area contributed by atoms with Gasteiger partial charge in [-0.3, -0.25) is 0 Å². The SMILES string of the molecule is NCc1nc(Br)c(C(F)F)cc1Cl. The normalized spacial score (nSPS) is 10.9. The molecule has 1 aromatic rings. The zero-order valence-corrected chi connectivity index (χ0v) is 8.74. The first kappa shape index (κ1) is 10.8. The Morgan fingerprint density at radius 2 is 2.23 bits per heavy atom. The lowest BCUT2D eigenvalue weighted by atomic mass is 10.2. The fourth-order valence-corrected chi connectivity index (χ4v) is 1.55. The van der Waals surface area contributed by atoms with E-state index in [0.717, 1.165) is 0 Å². The number of rotatable bonds is 2. The minimum atomic E-state index is -2.59. The van der Waals surface area contributed by atoms with E-state index in [9.17, 15) is 8.78 Å². The maximum atomic E-state index is 12.3. The van der Waals surface area contributed by atoms with Gasteiger partial charge < -0.3 is 5.73 Å². The van der Waals surface area contributed by atoms with Crippen molar-refractivity contribution in [2.75, 3.05) is 0 Å². The van der Waals surface area contributed by atoms with Crippen molar-refractivity contribution in [2.24, 2.45) is 5.73 Å². The van der Waals surface area contributed by atoms with Gasteiger partial charge in [0.1, 0.15) is 4.60 Å². The summed E-state index contributed by atoms with van der Waals surface area (Å²) in [7, 11) is 0. The monoisotopic (exact) mass is 270 g/mol. The van der Waals surface area contributed by atoms with Crippen LogP contribution in [0.3, 0.4) is 0 Å². The zero-order valence-electron chi connectivity index (χ0n) is 6.40. The molecule has 0 aromatic carbocycles. The van der Waals surface area contributed by atoms with Crippen molar-refractivity contribution < 1.29 is 8.78 Å². The Hall–Kier alpha value is -0.260. The predicted molar refractivity (Wildman–Crippen MR) is 49.8 cm³/mol. The van der Waals surface area contributed by atoms with Gasteiger partial charge in [0.15, 0.2) is 0 Å². The fourth-order valence-electron chi connectivity index (χ4n) is 0.812. The molecule has 0 atom stereocenters. The second-order valence-electron chi connectivity index (χ2n) is 2.30. The summed E-state index contributed by atoms with van der Waals surface area (Å²) in [5.74, 6) is 0. The standard InChI is InChI=1S/C7H6BrClF2N2/c8-6-3(7(10)11)1-4(9)5(2-12)13-6/h1,7H,2,12H2. The average Bonchev–Trinajstić information content (AvgIpc) is 2.07. The van der Waals surface area contributed by atoms with E-state index < -0.39 is 6.43 Å². The first-order valence-electron chi connectivity index (χ1n) is 3.39. The maximum Gasteiger partial charge on any atom is 0.266 e. The summed E-state index contributed by atoms with van der Waals surface area (Å²) in [5, 5.41) is 0.168. The molecule has 6 heteroatoms. The van der Waals surface area contributed by atoms with Crippen molar-refractivity contribution in [1.82, 2.24) is 4.98 Å². The third-order valence-corrected chi connectivity index (χ3v) is 2.42. The number of alkyl halides is 2. The van der Waals surface area contributed by atoms with Crippen molar-refractivity contribution in [3.8, 4) is 0 Å². The van der Waals surface area contributed by atoms with Crippen LogP contribution in [0.5, 0.6) is 0 Å². The van der Waals surface area contributed by atoms with Crippen molar-refractivity contribution in [3.05, 3.63) is 26.9 Å². The number of pyridine rings is 1. The molecule has 0 saturated carbocycles. The molecule has 13 heavy (non-hydrogen) atoms. The lowest BCUT2D eigenvalue weighted by Gasteiger charge is -2.06. The highest BCUT2D eigenvalue weighted by Gasteiger charge is 2.15. The van der Waals surface area contributed by atoms with E-state index >= 15 is 0 Å². The highest BCUT2D eigenvalue weighted by molar-refractivity contribution is 9.10. The first-order chi connectivity index (χ1) is 6.06. The zero-order chi connectivity index (χ0) is 10.0. The van der Waals surface area contributed by atoms with Gasteiger partial charge >= 0.3 is 0 Å². The molecule has 0 fully saturated rings. The molecule has 0 unspecified atom stereocenters. The van der Waals surface area contributed by atoms with E-state index in [4.69, 9.17) is 17.3 Å². The quantitative estimate of drug-likeness (QED) is 0.840. The number of halogens is 4. The van der Waals surface area contributed by atoms with Gasteiger partial charge in [-0.2, -0.15) is 0 Å². The van der Waals surface area contributed by atoms with Crippen molar-refractivity contribution in [1.29, 1.82) is 0 Å². The lowest BCUT2D eigenvalue weighted by molar-refractivity contribution is 0.150. The van der Waals surface area contributed by atoms with E-state index in [1.165, 1.54) is 6.07 Å². The molecule has 0 amide bonds. The first-order valence-corrected chi connectivity index (χ1v) is 4.56. The van der Waals surface area contributed by atoms with Crippen LogP contribution in [-0.4, -0.2) is 4.98 Å². The van der Waals surface area contributed by atoms with Gasteiger partial charge in [-0.25, -0.2) is 13.8 Å². The van der Waals surface area contributed by atoms with Crippen LogP contribution in [-0.2, 0) is 6.54 Å². The molecule has 2 nitrogen and oxygen atoms in total. The average molecular weight is 271 g/mol. The molecule has 1 aromatic heterocycles. The maximum absolute atomic E-state index is 12.3. The summed E-state index contributed by atoms with van der Waals surface area (Å²) in [6.45, 7) is 0.126. The van der Waals surface area contributed by atoms with Gasteiger partial charge in [-0.05, 0) is 22.0 Å². The van der Waals surface area contributed by atoms with Crippen LogP contribution in [0.1, 0.15) is 17.7 Å². The molecular formula is C7H6BrClF2N2. The Bertz CT molecular complexity index is 320. The Morgan fingerprint density at radius 1 is 1.62 bits per heavy atom. The van der Waals surface area contributed by atoms with E-state index in [1.54, 1.807) is 0 Å². The topological polar surface area (TPSA) is 38.9 Å². The molecule has 0 saturated heterocycles. The Labute approximate surface area is 87.2 Å². The molecule has 0 radical (unpaired) electrons. The largest absolute Gasteiger partial charge is 0.325 e. The highest BCUT2D eigenvalue weighted by atomic mass is 79.9. The molecule has 1 rings (SSSR count). The molecule has 0 aliphatic rings. The van der Waals surface area contributed by atoms with Crippen molar-refractivity contribution in [2.45, 2.75) is 13.0 Å². The van der Waals surface area contributed by atoms with Crippen LogP contribution >= 0.6 is 27.5 Å². The predicted octanol–water partition coefficient (Wildman–Crippen LogP) is 2.89. The fraction of sp³-hybridized carbons (Fsp3) is 0.286. The molecule has 2 N–H and O–H groups in total. The Balaban J connectivity index is 3.20. The smallest absolute Gasteiger partial charge is 0.266 e. The van der Waals surface area contributed by atoms with Gasteiger partial charge in [-0.1, -0.05) is 11.6 Å². The van der Waals surface area contributed by atoms with Gasteiger partial charge in [0.25, 0.3) is 6.43 Å². The summed E-state index contributed by atoms with van der Waals surface area (Å²) in [5.41, 5.74) is 5.47. The third-order valence-electron chi connectivity index (χ3n) is 1.46. The number of nitrogens with zero attached hydrogens (tertiary/aromatic N) is 1. The van der Waals surface area contributed by atoms with Crippen LogP contribution < -0.4 is 5.73 Å². The summed E-state index contributed by atoms with van der Waals surface area (Å²) in [6.07, 6.45) is -2.59. The molecule has 0 bridgehead atoms. The van der Waals surface area contributed by atoms with Crippen LogP contribution in [0.4, 0.5) is 8.78 Å². The molecule has 0 aliphatic heterocycles. The molecule has 72 valence electrons. The summed E-state index contributed by atoms with van der Waals surface area (Å²) < 4.78 is 24.7. The minimum Gasteiger partial charge on any atom is -0.325 e. The van der Waals surface area contributed by atoms with Crippen molar-refractivity contribution >= 4 is 27.5 Å². The minimum absolute atomic E-state index is 0.0901. The van der Waals surface area contributed by atoms with E-state index in [0.29, 0.717) is 5.69 Å². The van der Waals surface area contributed by atoms with Crippen LogP contribution in [0, 0.1) is 0 Å². The second-order valence-corrected chi connectivity index (χ2v) is 3.46.